The van der Waals surface area contributed by atoms with E-state index in [0.29, 0.717) is 13.2 Å². The molecule has 3 N–H and O–H groups in total. The van der Waals surface area contributed by atoms with E-state index in [9.17, 15) is 5.11 Å². The minimum atomic E-state index is -0.339. The molecule has 2 heterocycles. The lowest BCUT2D eigenvalue weighted by atomic mass is 10.3. The molecule has 5 heteroatoms. The molecule has 0 aromatic carbocycles. The Morgan fingerprint density at radius 3 is 3.05 bits per heavy atom. The first-order valence-corrected chi connectivity index (χ1v) is 8.05. The van der Waals surface area contributed by atoms with Crippen molar-refractivity contribution >= 4 is 11.3 Å². The van der Waals surface area contributed by atoms with Gasteiger partial charge in [-0.2, -0.15) is 0 Å². The quantitative estimate of drug-likeness (QED) is 0.591. The van der Waals surface area contributed by atoms with Crippen LogP contribution in [0.3, 0.4) is 0 Å². The van der Waals surface area contributed by atoms with Gasteiger partial charge in [0, 0.05) is 11.3 Å². The minimum Gasteiger partial charge on any atom is -0.385 e. The van der Waals surface area contributed by atoms with Gasteiger partial charge in [-0.1, -0.05) is 6.07 Å². The van der Waals surface area contributed by atoms with Crippen molar-refractivity contribution in [2.24, 2.45) is 0 Å². The summed E-state index contributed by atoms with van der Waals surface area (Å²) >= 11 is 1.70. The number of thiophene rings is 1. The summed E-state index contributed by atoms with van der Waals surface area (Å²) < 4.78 is 5.58. The van der Waals surface area contributed by atoms with E-state index in [4.69, 9.17) is 4.74 Å². The van der Waals surface area contributed by atoms with Gasteiger partial charge in [0.2, 0.25) is 0 Å². The summed E-state index contributed by atoms with van der Waals surface area (Å²) in [6.45, 7) is 6.69. The van der Waals surface area contributed by atoms with Gasteiger partial charge >= 0.3 is 0 Å². The Morgan fingerprint density at radius 1 is 1.37 bits per heavy atom. The molecule has 2 rings (SSSR count). The molecule has 0 spiro atoms. The minimum absolute atomic E-state index is 0.339. The molecule has 108 valence electrons. The van der Waals surface area contributed by atoms with Crippen LogP contribution in [0.25, 0.3) is 0 Å². The van der Waals surface area contributed by atoms with E-state index in [1.807, 2.05) is 6.07 Å². The van der Waals surface area contributed by atoms with Crippen molar-refractivity contribution < 1.29 is 19.6 Å². The summed E-state index contributed by atoms with van der Waals surface area (Å²) in [6.07, 6.45) is 0.914. The second kappa shape index (κ2) is 7.97. The second-order valence-corrected chi connectivity index (χ2v) is 6.55. The van der Waals surface area contributed by atoms with Crippen LogP contribution in [0.2, 0.25) is 0 Å². The first-order chi connectivity index (χ1) is 9.24. The van der Waals surface area contributed by atoms with Crippen LogP contribution in [0.15, 0.2) is 17.5 Å². The Labute approximate surface area is 119 Å². The van der Waals surface area contributed by atoms with Crippen LogP contribution in [0, 0.1) is 0 Å². The van der Waals surface area contributed by atoms with Crippen LogP contribution in [-0.2, 0) is 11.3 Å². The van der Waals surface area contributed by atoms with E-state index in [1.165, 1.54) is 35.8 Å². The Balaban J connectivity index is 1.62. The molecule has 1 aromatic rings. The monoisotopic (exact) mass is 286 g/mol. The van der Waals surface area contributed by atoms with Crippen LogP contribution >= 0.6 is 11.3 Å². The van der Waals surface area contributed by atoms with Gasteiger partial charge in [0.25, 0.3) is 0 Å². The third-order valence-electron chi connectivity index (χ3n) is 3.70. The summed E-state index contributed by atoms with van der Waals surface area (Å²) in [5.74, 6) is 0. The maximum absolute atomic E-state index is 10.0. The summed E-state index contributed by atoms with van der Waals surface area (Å²) in [5, 5.41) is 12.1. The Hall–Kier alpha value is -0.460. The lowest BCUT2D eigenvalue weighted by Crippen LogP contribution is -3.17. The average molecular weight is 286 g/mol. The van der Waals surface area contributed by atoms with E-state index in [1.54, 1.807) is 16.2 Å². The summed E-state index contributed by atoms with van der Waals surface area (Å²) in [6, 6.07) is 4.09. The van der Waals surface area contributed by atoms with Crippen molar-refractivity contribution in [2.45, 2.75) is 19.1 Å². The zero-order chi connectivity index (χ0) is 13.5. The van der Waals surface area contributed by atoms with Gasteiger partial charge in [-0.15, -0.1) is 11.3 Å². The smallest absolute Gasteiger partial charge is 0.127 e. The highest BCUT2D eigenvalue weighted by molar-refractivity contribution is 7.09. The third-order valence-corrected chi connectivity index (χ3v) is 4.55. The maximum Gasteiger partial charge on any atom is 0.127 e. The molecule has 19 heavy (non-hydrogen) atoms. The molecule has 1 aromatic heterocycles. The summed E-state index contributed by atoms with van der Waals surface area (Å²) in [7, 11) is 2.25. The summed E-state index contributed by atoms with van der Waals surface area (Å²) in [4.78, 5) is 4.35. The highest BCUT2D eigenvalue weighted by atomic mass is 32.1. The lowest BCUT2D eigenvalue weighted by Gasteiger charge is -2.19. The van der Waals surface area contributed by atoms with Crippen LogP contribution < -0.4 is 9.80 Å². The Kier molecular flexibility index (Phi) is 6.26. The number of likely N-dealkylation sites (N-methyl/N-ethyl adjacent to an activating group) is 1. The van der Waals surface area contributed by atoms with Gasteiger partial charge in [-0.3, -0.25) is 0 Å². The first-order valence-electron chi connectivity index (χ1n) is 7.17. The first kappa shape index (κ1) is 14.9. The van der Waals surface area contributed by atoms with E-state index in [2.05, 4.69) is 18.5 Å². The van der Waals surface area contributed by atoms with Crippen molar-refractivity contribution in [1.82, 2.24) is 0 Å². The van der Waals surface area contributed by atoms with Crippen molar-refractivity contribution in [3.05, 3.63) is 22.4 Å². The fourth-order valence-corrected chi connectivity index (χ4v) is 3.21. The molecule has 1 fully saturated rings. The van der Waals surface area contributed by atoms with Crippen molar-refractivity contribution in [3.8, 4) is 0 Å². The standard InChI is InChI=1S/C14H24N2O2S/c1-15-5-3-6-16(8-7-15)10-13(17)11-18-12-14-4-2-9-19-14/h2,4,9,13,17H,3,5-8,10-12H2,1H3/p+2/t13-/m0/s1. The number of ether oxygens (including phenoxy) is 1. The largest absolute Gasteiger partial charge is 0.385 e. The normalized spacial score (nSPS) is 26.0. The Morgan fingerprint density at radius 2 is 2.26 bits per heavy atom. The van der Waals surface area contributed by atoms with E-state index < -0.39 is 0 Å². The van der Waals surface area contributed by atoms with E-state index in [0.717, 1.165) is 13.1 Å². The average Bonchev–Trinajstić information content (AvgIpc) is 2.81. The predicted molar refractivity (Wildman–Crippen MR) is 76.8 cm³/mol. The topological polar surface area (TPSA) is 38.3 Å². The molecule has 2 unspecified atom stereocenters. The number of aliphatic hydroxyl groups is 1. The number of nitrogens with one attached hydrogen (secondary N) is 2. The van der Waals surface area contributed by atoms with Gasteiger partial charge in [-0.25, -0.2) is 0 Å². The fraction of sp³-hybridized carbons (Fsp3) is 0.714. The van der Waals surface area contributed by atoms with Gasteiger partial charge in [0.05, 0.1) is 33.4 Å². The number of quaternary nitrogens is 2. The Bertz CT molecular complexity index is 345. The van der Waals surface area contributed by atoms with Crippen LogP contribution in [-0.4, -0.2) is 57.6 Å². The summed E-state index contributed by atoms with van der Waals surface area (Å²) in [5.41, 5.74) is 0. The molecule has 1 saturated heterocycles. The van der Waals surface area contributed by atoms with E-state index >= 15 is 0 Å². The molecule has 0 bridgehead atoms. The molecule has 0 aliphatic carbocycles. The zero-order valence-corrected chi connectivity index (χ0v) is 12.5. The molecular formula is C14H26N2O2S+2. The van der Waals surface area contributed by atoms with E-state index in [-0.39, 0.29) is 6.10 Å². The van der Waals surface area contributed by atoms with Gasteiger partial charge in [0.1, 0.15) is 25.7 Å². The second-order valence-electron chi connectivity index (χ2n) is 5.51. The molecular weight excluding hydrogens is 260 g/mol. The number of hydrogen-bond donors (Lipinski definition) is 3. The molecule has 0 amide bonds. The third kappa shape index (κ3) is 5.58. The van der Waals surface area contributed by atoms with Gasteiger partial charge in [-0.05, 0) is 11.4 Å². The highest BCUT2D eigenvalue weighted by Crippen LogP contribution is 2.09. The SMILES string of the molecule is C[NH+]1CCC[NH+](C[C@H](O)COCc2cccs2)CC1. The van der Waals surface area contributed by atoms with Gasteiger partial charge in [0.15, 0.2) is 0 Å². The van der Waals surface area contributed by atoms with Crippen molar-refractivity contribution in [2.75, 3.05) is 46.4 Å². The van der Waals surface area contributed by atoms with Crippen LogP contribution in [0.1, 0.15) is 11.3 Å². The zero-order valence-electron chi connectivity index (χ0n) is 11.7. The predicted octanol–water partition coefficient (Wildman–Crippen LogP) is -1.57. The fourth-order valence-electron chi connectivity index (χ4n) is 2.57. The number of aliphatic hydroxyl groups excluding tert-OH is 1. The van der Waals surface area contributed by atoms with Gasteiger partial charge < -0.3 is 19.6 Å². The molecule has 3 atom stereocenters. The highest BCUT2D eigenvalue weighted by Gasteiger charge is 2.20. The van der Waals surface area contributed by atoms with Crippen LogP contribution in [0.4, 0.5) is 0 Å². The molecule has 4 nitrogen and oxygen atoms in total. The maximum atomic E-state index is 10.0. The molecule has 1 aliphatic rings. The number of hydrogen-bond acceptors (Lipinski definition) is 3. The molecule has 1 aliphatic heterocycles. The van der Waals surface area contributed by atoms with Crippen molar-refractivity contribution in [3.63, 3.8) is 0 Å². The number of rotatable bonds is 6. The lowest BCUT2D eigenvalue weighted by molar-refractivity contribution is -0.931. The van der Waals surface area contributed by atoms with Crippen molar-refractivity contribution in [1.29, 1.82) is 0 Å². The molecule has 0 radical (unpaired) electrons. The molecule has 0 saturated carbocycles. The van der Waals surface area contributed by atoms with Crippen LogP contribution in [0.5, 0.6) is 0 Å².